The minimum absolute atomic E-state index is 0.132. The highest BCUT2D eigenvalue weighted by atomic mass is 32.1. The van der Waals surface area contributed by atoms with E-state index in [1.165, 1.54) is 16.9 Å². The quantitative estimate of drug-likeness (QED) is 0.559. The third kappa shape index (κ3) is 4.79. The number of amides is 1. The van der Waals surface area contributed by atoms with E-state index >= 15 is 0 Å². The Hall–Kier alpha value is -2.80. The lowest BCUT2D eigenvalue weighted by atomic mass is 9.93. The summed E-state index contributed by atoms with van der Waals surface area (Å²) in [6.07, 6.45) is 5.27. The average molecular weight is 409 g/mol. The van der Waals surface area contributed by atoms with E-state index < -0.39 is 0 Å². The van der Waals surface area contributed by atoms with Crippen LogP contribution in [0.15, 0.2) is 54.0 Å². The molecule has 0 aliphatic carbocycles. The van der Waals surface area contributed by atoms with Crippen molar-refractivity contribution >= 4 is 23.0 Å². The van der Waals surface area contributed by atoms with Crippen molar-refractivity contribution in [1.29, 1.82) is 0 Å². The molecule has 6 nitrogen and oxygen atoms in total. The van der Waals surface area contributed by atoms with Gasteiger partial charge in [0.2, 0.25) is 0 Å². The van der Waals surface area contributed by atoms with Gasteiger partial charge in [-0.1, -0.05) is 41.6 Å². The van der Waals surface area contributed by atoms with Crippen molar-refractivity contribution in [2.24, 2.45) is 5.92 Å². The van der Waals surface area contributed by atoms with Crippen LogP contribution in [0.1, 0.15) is 45.0 Å². The highest BCUT2D eigenvalue weighted by Crippen LogP contribution is 2.24. The summed E-state index contributed by atoms with van der Waals surface area (Å²) in [7, 11) is 0. The van der Waals surface area contributed by atoms with E-state index in [-0.39, 0.29) is 17.6 Å². The fourth-order valence-electron chi connectivity index (χ4n) is 3.75. The van der Waals surface area contributed by atoms with Gasteiger partial charge in [0.1, 0.15) is 0 Å². The topological polar surface area (TPSA) is 68.1 Å². The maximum atomic E-state index is 12.9. The van der Waals surface area contributed by atoms with E-state index in [1.54, 1.807) is 15.8 Å². The molecule has 1 amide bonds. The van der Waals surface area contributed by atoms with Crippen molar-refractivity contribution in [2.75, 3.05) is 13.1 Å². The summed E-state index contributed by atoms with van der Waals surface area (Å²) < 4.78 is 1.73. The molecule has 2 aromatic heterocycles. The van der Waals surface area contributed by atoms with Crippen molar-refractivity contribution < 1.29 is 9.59 Å². The summed E-state index contributed by atoms with van der Waals surface area (Å²) in [5, 5.41) is 10.1. The van der Waals surface area contributed by atoms with Crippen LogP contribution >= 0.6 is 11.3 Å². The summed E-state index contributed by atoms with van der Waals surface area (Å²) in [6.45, 7) is 1.83. The number of piperidine rings is 1. The van der Waals surface area contributed by atoms with E-state index in [2.05, 4.69) is 22.4 Å². The third-order valence-electron chi connectivity index (χ3n) is 5.30. The molecule has 1 aromatic carbocycles. The predicted octanol–water partition coefficient (Wildman–Crippen LogP) is 3.71. The molecule has 0 radical (unpaired) electrons. The van der Waals surface area contributed by atoms with Crippen molar-refractivity contribution in [3.8, 4) is 0 Å². The first-order valence-electron chi connectivity index (χ1n) is 10.0. The molecule has 0 N–H and O–H groups in total. The standard InChI is InChI=1S/C22H24N4O2S/c27-21(20-11-6-14-29-20)18-10-5-12-25(15-18)22(28)19-16-26(24-23-19)13-4-9-17-7-2-1-3-8-17/h1-3,6-8,11,14,16,18H,4-5,9-10,12-13,15H2/t18-/m0/s1. The van der Waals surface area contributed by atoms with Gasteiger partial charge in [-0.05, 0) is 42.7 Å². The van der Waals surface area contributed by atoms with Gasteiger partial charge in [0.15, 0.2) is 11.5 Å². The Labute approximate surface area is 174 Å². The molecule has 3 aromatic rings. The first kappa shape index (κ1) is 19.5. The second-order valence-electron chi connectivity index (χ2n) is 7.39. The lowest BCUT2D eigenvalue weighted by Gasteiger charge is -2.31. The van der Waals surface area contributed by atoms with Gasteiger partial charge in [-0.25, -0.2) is 0 Å². The Morgan fingerprint density at radius 3 is 2.79 bits per heavy atom. The van der Waals surface area contributed by atoms with Crippen LogP contribution in [0.5, 0.6) is 0 Å². The number of likely N-dealkylation sites (tertiary alicyclic amines) is 1. The van der Waals surface area contributed by atoms with Crippen LogP contribution in [0.3, 0.4) is 0 Å². The Balaban J connectivity index is 1.32. The van der Waals surface area contributed by atoms with E-state index in [0.717, 1.165) is 30.6 Å². The minimum atomic E-state index is -0.136. The van der Waals surface area contributed by atoms with Crippen LogP contribution in [0.4, 0.5) is 0 Å². The average Bonchev–Trinajstić information content (AvgIpc) is 3.46. The molecule has 29 heavy (non-hydrogen) atoms. The molecule has 1 aliphatic heterocycles. The van der Waals surface area contributed by atoms with Crippen LogP contribution in [-0.4, -0.2) is 44.7 Å². The number of thiophene rings is 1. The van der Waals surface area contributed by atoms with Crippen molar-refractivity contribution in [1.82, 2.24) is 19.9 Å². The van der Waals surface area contributed by atoms with Crippen LogP contribution in [0.2, 0.25) is 0 Å². The zero-order chi connectivity index (χ0) is 20.1. The number of carbonyl (C=O) groups excluding carboxylic acids is 2. The molecular weight excluding hydrogens is 384 g/mol. The van der Waals surface area contributed by atoms with E-state index in [0.29, 0.717) is 25.3 Å². The number of carbonyl (C=O) groups is 2. The first-order chi connectivity index (χ1) is 14.2. The number of Topliss-reactive ketones (excluding diaryl/α,β-unsaturated/α-hetero) is 1. The van der Waals surface area contributed by atoms with E-state index in [4.69, 9.17) is 0 Å². The van der Waals surface area contributed by atoms with Crippen LogP contribution in [0.25, 0.3) is 0 Å². The fourth-order valence-corrected chi connectivity index (χ4v) is 4.50. The molecule has 1 aliphatic rings. The smallest absolute Gasteiger partial charge is 0.276 e. The third-order valence-corrected chi connectivity index (χ3v) is 6.18. The Bertz CT molecular complexity index is 952. The number of benzene rings is 1. The van der Waals surface area contributed by atoms with Crippen LogP contribution in [0, 0.1) is 5.92 Å². The molecule has 150 valence electrons. The largest absolute Gasteiger partial charge is 0.336 e. The highest BCUT2D eigenvalue weighted by molar-refractivity contribution is 7.12. The molecule has 1 fully saturated rings. The number of aromatic nitrogens is 3. The number of hydrogen-bond acceptors (Lipinski definition) is 5. The maximum Gasteiger partial charge on any atom is 0.276 e. The van der Waals surface area contributed by atoms with Crippen LogP contribution in [-0.2, 0) is 13.0 Å². The summed E-state index contributed by atoms with van der Waals surface area (Å²) >= 11 is 1.46. The Morgan fingerprint density at radius 1 is 1.14 bits per heavy atom. The molecule has 1 saturated heterocycles. The van der Waals surface area contributed by atoms with Crippen molar-refractivity contribution in [2.45, 2.75) is 32.2 Å². The van der Waals surface area contributed by atoms with Crippen LogP contribution < -0.4 is 0 Å². The summed E-state index contributed by atoms with van der Waals surface area (Å²) in [5.74, 6) is -0.127. The van der Waals surface area contributed by atoms with Gasteiger partial charge in [-0.2, -0.15) is 0 Å². The number of nitrogens with zero attached hydrogens (tertiary/aromatic N) is 4. The van der Waals surface area contributed by atoms with E-state index in [1.807, 2.05) is 35.7 Å². The fraction of sp³-hybridized carbons (Fsp3) is 0.364. The number of ketones is 1. The number of rotatable bonds is 7. The Morgan fingerprint density at radius 2 is 2.00 bits per heavy atom. The van der Waals surface area contributed by atoms with E-state index in [9.17, 15) is 9.59 Å². The molecule has 4 rings (SSSR count). The molecule has 0 saturated carbocycles. The molecular formula is C22H24N4O2S. The molecule has 0 spiro atoms. The van der Waals surface area contributed by atoms with Crippen molar-refractivity contribution in [3.63, 3.8) is 0 Å². The SMILES string of the molecule is O=C(c1cccs1)[C@H]1CCCN(C(=O)c2cn(CCCc3ccccc3)nn2)C1. The first-order valence-corrected chi connectivity index (χ1v) is 10.9. The zero-order valence-electron chi connectivity index (χ0n) is 16.2. The summed E-state index contributed by atoms with van der Waals surface area (Å²) in [6, 6.07) is 14.1. The zero-order valence-corrected chi connectivity index (χ0v) is 17.1. The van der Waals surface area contributed by atoms with Gasteiger partial charge in [0.25, 0.3) is 5.91 Å². The van der Waals surface area contributed by atoms with Gasteiger partial charge in [0, 0.05) is 25.6 Å². The van der Waals surface area contributed by atoms with Gasteiger partial charge in [0.05, 0.1) is 11.1 Å². The number of aryl methyl sites for hydroxylation is 2. The van der Waals surface area contributed by atoms with Crippen molar-refractivity contribution in [3.05, 3.63) is 70.2 Å². The monoisotopic (exact) mass is 408 g/mol. The number of hydrogen-bond donors (Lipinski definition) is 0. The minimum Gasteiger partial charge on any atom is -0.336 e. The second-order valence-corrected chi connectivity index (χ2v) is 8.34. The lowest BCUT2D eigenvalue weighted by Crippen LogP contribution is -2.42. The van der Waals surface area contributed by atoms with Gasteiger partial charge < -0.3 is 4.90 Å². The summed E-state index contributed by atoms with van der Waals surface area (Å²) in [5.41, 5.74) is 1.65. The Kier molecular flexibility index (Phi) is 6.14. The molecule has 0 bridgehead atoms. The lowest BCUT2D eigenvalue weighted by molar-refractivity contribution is 0.0633. The van der Waals surface area contributed by atoms with Gasteiger partial charge >= 0.3 is 0 Å². The maximum absolute atomic E-state index is 12.9. The van der Waals surface area contributed by atoms with Gasteiger partial charge in [-0.3, -0.25) is 14.3 Å². The highest BCUT2D eigenvalue weighted by Gasteiger charge is 2.30. The molecule has 0 unspecified atom stereocenters. The molecule has 3 heterocycles. The summed E-state index contributed by atoms with van der Waals surface area (Å²) in [4.78, 5) is 28.0. The predicted molar refractivity (Wildman–Crippen MR) is 112 cm³/mol. The second kappa shape index (κ2) is 9.13. The molecule has 1 atom stereocenters. The normalized spacial score (nSPS) is 16.7. The molecule has 7 heteroatoms. The van der Waals surface area contributed by atoms with Gasteiger partial charge in [-0.15, -0.1) is 16.4 Å².